The van der Waals surface area contributed by atoms with E-state index in [0.29, 0.717) is 47.5 Å². The molecule has 50 heavy (non-hydrogen) atoms. The lowest BCUT2D eigenvalue weighted by Crippen LogP contribution is -2.52. The van der Waals surface area contributed by atoms with Crippen LogP contribution in [0.5, 0.6) is 0 Å². The molecule has 3 rings (SSSR count). The third kappa shape index (κ3) is 12.3. The van der Waals surface area contributed by atoms with Crippen molar-refractivity contribution in [2.45, 2.75) is 77.9 Å². The SMILES string of the molecule is CCNC(N)=NCCC[C@H](NC(=O)c1nc(C)n(-c2cc(Cl)cc(Cl)c2)n1)C(=O)N[C@H](CC(=O)N(C)[C@@H](Cc1ccsc1)C(N)=O)CC(C)C. The quantitative estimate of drug-likeness (QED) is 0.0741. The van der Waals surface area contributed by atoms with E-state index in [2.05, 4.69) is 31.0 Å². The number of benzene rings is 1. The Labute approximate surface area is 306 Å². The van der Waals surface area contributed by atoms with Crippen LogP contribution >= 0.6 is 34.5 Å². The molecule has 7 N–H and O–H groups in total. The van der Waals surface area contributed by atoms with Crippen LogP contribution in [0.4, 0.5) is 0 Å². The molecule has 0 aliphatic carbocycles. The molecule has 0 bridgehead atoms. The fourth-order valence-corrected chi connectivity index (χ4v) is 6.47. The van der Waals surface area contributed by atoms with Crippen LogP contribution in [0.2, 0.25) is 10.0 Å². The number of carbonyl (C=O) groups is 4. The fraction of sp³-hybridized carbons (Fsp3) is 0.485. The molecule has 3 aromatic rings. The molecule has 0 aliphatic heterocycles. The number of hydrogen-bond acceptors (Lipinski definition) is 8. The Kier molecular flexibility index (Phi) is 15.5. The highest BCUT2D eigenvalue weighted by molar-refractivity contribution is 7.07. The molecule has 0 saturated carbocycles. The van der Waals surface area contributed by atoms with Crippen LogP contribution < -0.4 is 27.4 Å². The lowest BCUT2D eigenvalue weighted by molar-refractivity contribution is -0.138. The summed E-state index contributed by atoms with van der Waals surface area (Å²) in [6, 6.07) is 4.25. The van der Waals surface area contributed by atoms with Crippen molar-refractivity contribution in [3.05, 3.63) is 62.3 Å². The van der Waals surface area contributed by atoms with Crippen molar-refractivity contribution in [1.82, 2.24) is 35.6 Å². The molecule has 3 atom stereocenters. The van der Waals surface area contributed by atoms with E-state index in [1.165, 1.54) is 28.0 Å². The molecule has 17 heteroatoms. The topological polar surface area (TPSA) is 203 Å². The van der Waals surface area contributed by atoms with E-state index in [9.17, 15) is 19.2 Å². The number of likely N-dealkylation sites (N-methyl/N-ethyl adjacent to an activating group) is 1. The van der Waals surface area contributed by atoms with Gasteiger partial charge >= 0.3 is 0 Å². The summed E-state index contributed by atoms with van der Waals surface area (Å²) >= 11 is 13.8. The first-order valence-electron chi connectivity index (χ1n) is 16.3. The van der Waals surface area contributed by atoms with E-state index in [4.69, 9.17) is 34.7 Å². The molecular weight excluding hydrogens is 703 g/mol. The molecule has 2 heterocycles. The zero-order valence-corrected chi connectivity index (χ0v) is 31.2. The normalized spacial score (nSPS) is 13.4. The molecule has 0 aliphatic rings. The number of thiophene rings is 1. The largest absolute Gasteiger partial charge is 0.370 e. The summed E-state index contributed by atoms with van der Waals surface area (Å²) in [6.07, 6.45) is 1.28. The highest BCUT2D eigenvalue weighted by atomic mass is 35.5. The maximum Gasteiger partial charge on any atom is 0.291 e. The number of rotatable bonds is 18. The van der Waals surface area contributed by atoms with Gasteiger partial charge in [-0.2, -0.15) is 11.3 Å². The minimum absolute atomic E-state index is 0.0780. The van der Waals surface area contributed by atoms with Crippen molar-refractivity contribution >= 4 is 64.1 Å². The summed E-state index contributed by atoms with van der Waals surface area (Å²) in [5.41, 5.74) is 12.9. The number of nitrogens with two attached hydrogens (primary N) is 2. The van der Waals surface area contributed by atoms with Gasteiger partial charge in [0.05, 0.1) is 5.69 Å². The van der Waals surface area contributed by atoms with Gasteiger partial charge < -0.3 is 32.3 Å². The lowest BCUT2D eigenvalue weighted by Gasteiger charge is -2.29. The number of nitrogens with zero attached hydrogens (tertiary/aromatic N) is 5. The van der Waals surface area contributed by atoms with Crippen molar-refractivity contribution in [1.29, 1.82) is 0 Å². The number of aryl methyl sites for hydroxylation is 1. The zero-order chi connectivity index (χ0) is 37.0. The van der Waals surface area contributed by atoms with E-state index in [1.807, 2.05) is 37.6 Å². The van der Waals surface area contributed by atoms with Crippen LogP contribution in [0.1, 0.15) is 68.5 Å². The lowest BCUT2D eigenvalue weighted by atomic mass is 9.98. The first-order chi connectivity index (χ1) is 23.7. The maximum absolute atomic E-state index is 13.8. The molecule has 14 nitrogen and oxygen atoms in total. The molecular formula is C33H46Cl2N10O4S. The van der Waals surface area contributed by atoms with Crippen LogP contribution in [0.3, 0.4) is 0 Å². The van der Waals surface area contributed by atoms with E-state index < -0.39 is 35.8 Å². The van der Waals surface area contributed by atoms with Gasteiger partial charge in [0.2, 0.25) is 23.5 Å². The average molecular weight is 750 g/mol. The van der Waals surface area contributed by atoms with Crippen LogP contribution in [-0.2, 0) is 20.8 Å². The van der Waals surface area contributed by atoms with Crippen molar-refractivity contribution in [2.24, 2.45) is 22.4 Å². The molecule has 0 unspecified atom stereocenters. The highest BCUT2D eigenvalue weighted by Crippen LogP contribution is 2.22. The van der Waals surface area contributed by atoms with Crippen LogP contribution in [0, 0.1) is 12.8 Å². The predicted octanol–water partition coefficient (Wildman–Crippen LogP) is 3.22. The molecule has 2 aromatic heterocycles. The van der Waals surface area contributed by atoms with E-state index in [1.54, 1.807) is 25.1 Å². The minimum Gasteiger partial charge on any atom is -0.370 e. The second kappa shape index (κ2) is 19.3. The van der Waals surface area contributed by atoms with E-state index in [0.717, 1.165) is 5.56 Å². The van der Waals surface area contributed by atoms with Gasteiger partial charge in [0, 0.05) is 49.1 Å². The average Bonchev–Trinajstić information content (AvgIpc) is 3.69. The van der Waals surface area contributed by atoms with Gasteiger partial charge in [-0.1, -0.05) is 37.0 Å². The molecule has 0 spiro atoms. The second-order valence-electron chi connectivity index (χ2n) is 12.3. The third-order valence-corrected chi connectivity index (χ3v) is 8.87. The molecule has 1 aromatic carbocycles. The van der Waals surface area contributed by atoms with Gasteiger partial charge in [-0.05, 0) is 79.6 Å². The second-order valence-corrected chi connectivity index (χ2v) is 13.9. The molecule has 272 valence electrons. The maximum atomic E-state index is 13.8. The Bertz CT molecular complexity index is 1630. The summed E-state index contributed by atoms with van der Waals surface area (Å²) in [7, 11) is 1.53. The first kappa shape index (κ1) is 40.2. The van der Waals surface area contributed by atoms with Crippen molar-refractivity contribution < 1.29 is 19.2 Å². The number of guanidine groups is 1. The standard InChI is InChI=1S/C33H46Cl2N10O4S/c1-6-38-33(37)39-10-7-8-26(42-32(49)30-40-20(4)45(43-30)25-15-22(34)14-23(35)16-25)31(48)41-24(12-19(2)3)17-28(46)44(5)27(29(36)47)13-21-9-11-50-18-21/h9,11,14-16,18-19,24,26-27H,6-8,10,12-13,17H2,1-5H3,(H2,36,47)(H,41,48)(H,42,49)(H3,37,38,39)/t24-,26-,27-/m0/s1. The number of aromatic nitrogens is 3. The van der Waals surface area contributed by atoms with Crippen LogP contribution in [0.15, 0.2) is 40.0 Å². The van der Waals surface area contributed by atoms with Gasteiger partial charge in [-0.15, -0.1) is 5.10 Å². The van der Waals surface area contributed by atoms with Crippen molar-refractivity contribution in [2.75, 3.05) is 20.1 Å². The Balaban J connectivity index is 1.80. The number of carbonyl (C=O) groups excluding carboxylic acids is 4. The Morgan fingerprint density at radius 2 is 1.80 bits per heavy atom. The summed E-state index contributed by atoms with van der Waals surface area (Å²) in [5.74, 6) is -1.52. The van der Waals surface area contributed by atoms with Crippen LogP contribution in [-0.4, -0.2) is 87.5 Å². The molecule has 0 saturated heterocycles. The molecule has 0 radical (unpaired) electrons. The Morgan fingerprint density at radius 3 is 2.40 bits per heavy atom. The summed E-state index contributed by atoms with van der Waals surface area (Å²) < 4.78 is 1.43. The number of amides is 4. The number of hydrogen-bond donors (Lipinski definition) is 5. The molecule has 4 amide bonds. The van der Waals surface area contributed by atoms with Gasteiger partial charge in [-0.25, -0.2) is 9.67 Å². The zero-order valence-electron chi connectivity index (χ0n) is 28.9. The van der Waals surface area contributed by atoms with Gasteiger partial charge in [-0.3, -0.25) is 24.2 Å². The number of primary amides is 1. The fourth-order valence-electron chi connectivity index (χ4n) is 5.27. The Morgan fingerprint density at radius 1 is 1.10 bits per heavy atom. The Hall–Kier alpha value is -4.21. The summed E-state index contributed by atoms with van der Waals surface area (Å²) in [6.45, 7) is 8.42. The third-order valence-electron chi connectivity index (χ3n) is 7.70. The van der Waals surface area contributed by atoms with Crippen LogP contribution in [0.25, 0.3) is 5.69 Å². The summed E-state index contributed by atoms with van der Waals surface area (Å²) in [5, 5.41) is 17.5. The van der Waals surface area contributed by atoms with E-state index in [-0.39, 0.29) is 42.9 Å². The first-order valence-corrected chi connectivity index (χ1v) is 18.0. The number of halogens is 2. The monoisotopic (exact) mass is 748 g/mol. The highest BCUT2D eigenvalue weighted by Gasteiger charge is 2.30. The van der Waals surface area contributed by atoms with Crippen molar-refractivity contribution in [3.63, 3.8) is 0 Å². The smallest absolute Gasteiger partial charge is 0.291 e. The van der Waals surface area contributed by atoms with Gasteiger partial charge in [0.15, 0.2) is 5.96 Å². The van der Waals surface area contributed by atoms with E-state index >= 15 is 0 Å². The van der Waals surface area contributed by atoms with Gasteiger partial charge in [0.25, 0.3) is 5.91 Å². The number of nitrogens with one attached hydrogen (secondary N) is 3. The minimum atomic E-state index is -1.02. The predicted molar refractivity (Wildman–Crippen MR) is 197 cm³/mol. The molecule has 0 fully saturated rings. The summed E-state index contributed by atoms with van der Waals surface area (Å²) in [4.78, 5) is 63.0. The number of aliphatic imine (C=N–C) groups is 1. The van der Waals surface area contributed by atoms with Crippen molar-refractivity contribution in [3.8, 4) is 5.69 Å². The van der Waals surface area contributed by atoms with Gasteiger partial charge in [0.1, 0.15) is 17.9 Å².